The average molecular weight is 254 g/mol. The van der Waals surface area contributed by atoms with Crippen molar-refractivity contribution < 1.29 is 14.4 Å². The van der Waals surface area contributed by atoms with E-state index in [1.54, 1.807) is 0 Å². The molecule has 18 heavy (non-hydrogen) atoms. The first-order valence-corrected chi connectivity index (χ1v) is 6.92. The van der Waals surface area contributed by atoms with Crippen LogP contribution in [0, 0.1) is 11.8 Å². The number of piperidine rings is 1. The maximum absolute atomic E-state index is 11.8. The lowest BCUT2D eigenvalue weighted by Gasteiger charge is -2.31. The molecule has 5 nitrogen and oxygen atoms in total. The molecular weight excluding hydrogens is 232 g/mol. The molecule has 0 aromatic rings. The summed E-state index contributed by atoms with van der Waals surface area (Å²) in [6.07, 6.45) is 3.81. The van der Waals surface area contributed by atoms with Gasteiger partial charge in [0.2, 0.25) is 0 Å². The van der Waals surface area contributed by atoms with Gasteiger partial charge in [-0.15, -0.1) is 0 Å². The van der Waals surface area contributed by atoms with Crippen LogP contribution in [0.15, 0.2) is 0 Å². The summed E-state index contributed by atoms with van der Waals surface area (Å²) in [5.74, 6) is 0.610. The van der Waals surface area contributed by atoms with Crippen LogP contribution in [0.3, 0.4) is 0 Å². The van der Waals surface area contributed by atoms with Gasteiger partial charge in [0, 0.05) is 6.42 Å². The van der Waals surface area contributed by atoms with E-state index < -0.39 is 0 Å². The molecule has 0 radical (unpaired) electrons. The van der Waals surface area contributed by atoms with E-state index in [-0.39, 0.29) is 11.9 Å². The van der Waals surface area contributed by atoms with E-state index in [4.69, 9.17) is 4.84 Å². The maximum Gasteiger partial charge on any atom is 0.332 e. The topological polar surface area (TPSA) is 58.6 Å². The molecule has 2 aliphatic rings. The third-order valence-electron chi connectivity index (χ3n) is 3.96. The number of nitrogens with one attached hydrogen (secondary N) is 1. The van der Waals surface area contributed by atoms with Gasteiger partial charge in [0.25, 0.3) is 5.91 Å². The van der Waals surface area contributed by atoms with Crippen LogP contribution in [-0.4, -0.2) is 36.6 Å². The Morgan fingerprint density at radius 3 is 3.00 bits per heavy atom. The highest BCUT2D eigenvalue weighted by molar-refractivity contribution is 5.79. The molecule has 2 atom stereocenters. The van der Waals surface area contributed by atoms with Crippen LogP contribution >= 0.6 is 0 Å². The fourth-order valence-corrected chi connectivity index (χ4v) is 2.82. The van der Waals surface area contributed by atoms with E-state index in [0.717, 1.165) is 32.4 Å². The van der Waals surface area contributed by atoms with E-state index in [9.17, 15) is 9.59 Å². The minimum atomic E-state index is -0.254. The third kappa shape index (κ3) is 3.22. The van der Waals surface area contributed by atoms with Gasteiger partial charge >= 0.3 is 5.97 Å². The van der Waals surface area contributed by atoms with Crippen LogP contribution in [0.4, 0.5) is 0 Å². The fourth-order valence-electron chi connectivity index (χ4n) is 2.82. The molecule has 2 fully saturated rings. The Hall–Kier alpha value is -1.10. The van der Waals surface area contributed by atoms with Crippen molar-refractivity contribution in [2.24, 2.45) is 11.8 Å². The molecule has 0 aliphatic carbocycles. The third-order valence-corrected chi connectivity index (χ3v) is 3.96. The van der Waals surface area contributed by atoms with Gasteiger partial charge in [0.1, 0.15) is 0 Å². The predicted molar refractivity (Wildman–Crippen MR) is 66.4 cm³/mol. The van der Waals surface area contributed by atoms with Gasteiger partial charge in [-0.05, 0) is 37.8 Å². The maximum atomic E-state index is 11.8. The lowest BCUT2D eigenvalue weighted by atomic mass is 9.82. The molecule has 1 amide bonds. The molecule has 5 heteroatoms. The molecule has 0 bridgehead atoms. The molecule has 0 spiro atoms. The number of amides is 1. The summed E-state index contributed by atoms with van der Waals surface area (Å²) in [7, 11) is 0. The van der Waals surface area contributed by atoms with Gasteiger partial charge < -0.3 is 10.2 Å². The zero-order chi connectivity index (χ0) is 13.0. The molecule has 1 N–H and O–H groups in total. The van der Waals surface area contributed by atoms with Crippen LogP contribution in [0.25, 0.3) is 0 Å². The summed E-state index contributed by atoms with van der Waals surface area (Å²) in [4.78, 5) is 28.3. The second kappa shape index (κ2) is 6.18. The molecule has 0 aromatic heterocycles. The number of carbonyl (C=O) groups is 2. The Balaban J connectivity index is 1.80. The quantitative estimate of drug-likeness (QED) is 0.816. The van der Waals surface area contributed by atoms with Gasteiger partial charge in [-0.3, -0.25) is 4.79 Å². The molecular formula is C13H22N2O3. The molecule has 2 rings (SSSR count). The minimum absolute atomic E-state index is 0.0688. The van der Waals surface area contributed by atoms with Crippen molar-refractivity contribution in [3.63, 3.8) is 0 Å². The van der Waals surface area contributed by atoms with Crippen LogP contribution in [0.2, 0.25) is 0 Å². The molecule has 102 valence electrons. The van der Waals surface area contributed by atoms with Crippen LogP contribution in [0.5, 0.6) is 0 Å². The second-order valence-electron chi connectivity index (χ2n) is 5.19. The Labute approximate surface area is 108 Å². The predicted octanol–water partition coefficient (Wildman–Crippen LogP) is 1.09. The molecule has 1 unspecified atom stereocenters. The Morgan fingerprint density at radius 1 is 1.50 bits per heavy atom. The van der Waals surface area contributed by atoms with Crippen LogP contribution in [-0.2, 0) is 14.4 Å². The first kappa shape index (κ1) is 13.3. The smallest absolute Gasteiger partial charge is 0.332 e. The largest absolute Gasteiger partial charge is 0.338 e. The summed E-state index contributed by atoms with van der Waals surface area (Å²) in [5.41, 5.74) is 0. The summed E-state index contributed by atoms with van der Waals surface area (Å²) in [6.45, 7) is 4.65. The van der Waals surface area contributed by atoms with Crippen molar-refractivity contribution in [3.8, 4) is 0 Å². The van der Waals surface area contributed by atoms with Gasteiger partial charge in [-0.1, -0.05) is 13.3 Å². The summed E-state index contributed by atoms with van der Waals surface area (Å²) < 4.78 is 0. The normalized spacial score (nSPS) is 28.5. The van der Waals surface area contributed by atoms with Crippen molar-refractivity contribution in [1.82, 2.24) is 10.4 Å². The fraction of sp³-hybridized carbons (Fsp3) is 0.846. The number of hydrogen-bond acceptors (Lipinski definition) is 4. The van der Waals surface area contributed by atoms with Crippen molar-refractivity contribution >= 4 is 11.9 Å². The first-order chi connectivity index (χ1) is 8.70. The van der Waals surface area contributed by atoms with Gasteiger partial charge in [-0.2, -0.15) is 5.06 Å². The summed E-state index contributed by atoms with van der Waals surface area (Å²) >= 11 is 0. The number of hydroxylamine groups is 2. The number of hydrogen-bond donors (Lipinski definition) is 1. The Bertz CT molecular complexity index is 319. The molecule has 0 saturated carbocycles. The zero-order valence-electron chi connectivity index (χ0n) is 11.0. The lowest BCUT2D eigenvalue weighted by Crippen LogP contribution is -2.38. The van der Waals surface area contributed by atoms with Crippen molar-refractivity contribution in [3.05, 3.63) is 0 Å². The Morgan fingerprint density at radius 2 is 2.33 bits per heavy atom. The van der Waals surface area contributed by atoms with Crippen LogP contribution < -0.4 is 5.32 Å². The van der Waals surface area contributed by atoms with E-state index in [0.29, 0.717) is 31.2 Å². The number of rotatable bonds is 4. The molecule has 2 heterocycles. The summed E-state index contributed by atoms with van der Waals surface area (Å²) in [5, 5.41) is 4.58. The summed E-state index contributed by atoms with van der Waals surface area (Å²) in [6, 6.07) is 0. The van der Waals surface area contributed by atoms with E-state index in [2.05, 4.69) is 12.2 Å². The van der Waals surface area contributed by atoms with E-state index >= 15 is 0 Å². The van der Waals surface area contributed by atoms with Crippen molar-refractivity contribution in [2.45, 2.75) is 39.0 Å². The Kier molecular flexibility index (Phi) is 4.58. The number of carbonyl (C=O) groups excluding carboxylic acids is 2. The SMILES string of the molecule is CC[C@H]1CNCCC1CC(=O)ON1CCCC1=O. The van der Waals surface area contributed by atoms with Crippen LogP contribution in [0.1, 0.15) is 39.0 Å². The van der Waals surface area contributed by atoms with Gasteiger partial charge in [-0.25, -0.2) is 4.79 Å². The second-order valence-corrected chi connectivity index (χ2v) is 5.19. The average Bonchev–Trinajstić information content (AvgIpc) is 2.75. The molecule has 2 saturated heterocycles. The van der Waals surface area contributed by atoms with Crippen molar-refractivity contribution in [2.75, 3.05) is 19.6 Å². The first-order valence-electron chi connectivity index (χ1n) is 6.92. The van der Waals surface area contributed by atoms with E-state index in [1.807, 2.05) is 0 Å². The number of nitrogens with zero attached hydrogens (tertiary/aromatic N) is 1. The minimum Gasteiger partial charge on any atom is -0.338 e. The highest BCUT2D eigenvalue weighted by atomic mass is 16.7. The molecule has 0 aromatic carbocycles. The van der Waals surface area contributed by atoms with Gasteiger partial charge in [0.15, 0.2) is 0 Å². The highest BCUT2D eigenvalue weighted by Crippen LogP contribution is 2.26. The zero-order valence-corrected chi connectivity index (χ0v) is 11.0. The highest BCUT2D eigenvalue weighted by Gasteiger charge is 2.29. The monoisotopic (exact) mass is 254 g/mol. The standard InChI is InChI=1S/C13H22N2O3/c1-2-10-9-14-6-5-11(10)8-13(17)18-15-7-3-4-12(15)16/h10-11,14H,2-9H2,1H3/t10-,11?/m0/s1. The van der Waals surface area contributed by atoms with Gasteiger partial charge in [0.05, 0.1) is 13.0 Å². The van der Waals surface area contributed by atoms with E-state index in [1.165, 1.54) is 5.06 Å². The lowest BCUT2D eigenvalue weighted by molar-refractivity contribution is -0.194. The van der Waals surface area contributed by atoms with Crippen molar-refractivity contribution in [1.29, 1.82) is 0 Å². The molecule has 2 aliphatic heterocycles.